The first-order valence-corrected chi connectivity index (χ1v) is 10.2. The van der Waals surface area contributed by atoms with E-state index in [2.05, 4.69) is 10.3 Å². The molecule has 0 aliphatic rings. The van der Waals surface area contributed by atoms with Crippen molar-refractivity contribution in [1.82, 2.24) is 10.3 Å². The molecule has 0 radical (unpaired) electrons. The van der Waals surface area contributed by atoms with Crippen LogP contribution in [0.2, 0.25) is 0 Å². The van der Waals surface area contributed by atoms with Crippen LogP contribution in [0, 0.1) is 6.92 Å². The molecule has 2 aromatic rings. The molecule has 1 amide bonds. The number of aryl methyl sites for hydroxylation is 2. The number of benzene rings is 1. The Morgan fingerprint density at radius 3 is 2.29 bits per heavy atom. The molecule has 31 heavy (non-hydrogen) atoms. The highest BCUT2D eigenvalue weighted by molar-refractivity contribution is 5.89. The Morgan fingerprint density at radius 1 is 1.06 bits per heavy atom. The second kappa shape index (κ2) is 10.7. The summed E-state index contributed by atoms with van der Waals surface area (Å²) in [6, 6.07) is 9.92. The molecule has 7 nitrogen and oxygen atoms in total. The summed E-state index contributed by atoms with van der Waals surface area (Å²) in [5, 5.41) is 2.69. The number of carbonyl (C=O) groups excluding carboxylic acids is 3. The van der Waals surface area contributed by atoms with Gasteiger partial charge in [-0.05, 0) is 63.4 Å². The number of Topliss-reactive ketones (excluding diaryl/α,β-unsaturated/α-hetero) is 1. The lowest BCUT2D eigenvalue weighted by Gasteiger charge is -2.23. The Hall–Kier alpha value is -3.22. The van der Waals surface area contributed by atoms with Crippen molar-refractivity contribution in [1.29, 1.82) is 0 Å². The molecule has 166 valence electrons. The predicted molar refractivity (Wildman–Crippen MR) is 117 cm³/mol. The minimum atomic E-state index is -0.751. The summed E-state index contributed by atoms with van der Waals surface area (Å²) in [5.41, 5.74) is 2.42. The summed E-state index contributed by atoms with van der Waals surface area (Å²) in [7, 11) is 1.33. The number of nitrogens with zero attached hydrogens (tertiary/aromatic N) is 1. The van der Waals surface area contributed by atoms with Crippen molar-refractivity contribution in [3.05, 3.63) is 65.0 Å². The number of carbonyl (C=O) groups is 3. The molecule has 1 heterocycles. The van der Waals surface area contributed by atoms with Crippen molar-refractivity contribution >= 4 is 17.8 Å². The number of alkyl carbamates (subject to hydrolysis) is 1. The molecule has 0 fully saturated rings. The maximum atomic E-state index is 12.9. The molecule has 0 bridgehead atoms. The summed E-state index contributed by atoms with van der Waals surface area (Å²) in [4.78, 5) is 41.1. The highest BCUT2D eigenvalue weighted by atomic mass is 16.6. The zero-order valence-corrected chi connectivity index (χ0v) is 18.7. The standard InChI is InChI=1S/C24H30N2O5/c1-16-6-12-19(25-15-16)14-20(26-23(29)31-24(2,3)4)21(27)13-9-17-7-10-18(11-8-17)22(28)30-5/h6-8,10-12,15,20H,9,13-14H2,1-5H3,(H,26,29). The lowest BCUT2D eigenvalue weighted by Crippen LogP contribution is -2.45. The van der Waals surface area contributed by atoms with Gasteiger partial charge in [-0.2, -0.15) is 0 Å². The number of ketones is 1. The number of nitrogens with one attached hydrogen (secondary N) is 1. The largest absolute Gasteiger partial charge is 0.465 e. The van der Waals surface area contributed by atoms with Crippen molar-refractivity contribution in [2.24, 2.45) is 0 Å². The second-order valence-electron chi connectivity index (χ2n) is 8.38. The van der Waals surface area contributed by atoms with E-state index in [0.29, 0.717) is 17.7 Å². The highest BCUT2D eigenvalue weighted by Crippen LogP contribution is 2.12. The number of methoxy groups -OCH3 is 1. The van der Waals surface area contributed by atoms with Crippen molar-refractivity contribution < 1.29 is 23.9 Å². The van der Waals surface area contributed by atoms with Gasteiger partial charge in [-0.25, -0.2) is 9.59 Å². The van der Waals surface area contributed by atoms with Crippen LogP contribution in [0.15, 0.2) is 42.6 Å². The van der Waals surface area contributed by atoms with Gasteiger partial charge in [0.2, 0.25) is 0 Å². The number of rotatable bonds is 8. The minimum Gasteiger partial charge on any atom is -0.465 e. The van der Waals surface area contributed by atoms with Gasteiger partial charge >= 0.3 is 12.1 Å². The first-order valence-electron chi connectivity index (χ1n) is 10.2. The first kappa shape index (κ1) is 24.1. The molecule has 7 heteroatoms. The van der Waals surface area contributed by atoms with E-state index >= 15 is 0 Å². The van der Waals surface area contributed by atoms with E-state index in [0.717, 1.165) is 11.1 Å². The van der Waals surface area contributed by atoms with E-state index in [1.165, 1.54) is 7.11 Å². The molecule has 2 rings (SSSR count). The number of hydrogen-bond acceptors (Lipinski definition) is 6. The van der Waals surface area contributed by atoms with Gasteiger partial charge in [0.1, 0.15) is 5.60 Å². The van der Waals surface area contributed by atoms with E-state index in [9.17, 15) is 14.4 Å². The SMILES string of the molecule is COC(=O)c1ccc(CCC(=O)C(Cc2ccc(C)cn2)NC(=O)OC(C)(C)C)cc1. The van der Waals surface area contributed by atoms with Gasteiger partial charge in [0.05, 0.1) is 18.7 Å². The molecule has 0 aliphatic carbocycles. The zero-order chi connectivity index (χ0) is 23.0. The third-order valence-electron chi connectivity index (χ3n) is 4.50. The van der Waals surface area contributed by atoms with Crippen molar-refractivity contribution in [3.8, 4) is 0 Å². The molecule has 1 N–H and O–H groups in total. The fraction of sp³-hybridized carbons (Fsp3) is 0.417. The Labute approximate surface area is 183 Å². The van der Waals surface area contributed by atoms with Crippen LogP contribution in [-0.4, -0.2) is 41.6 Å². The zero-order valence-electron chi connectivity index (χ0n) is 18.7. The third kappa shape index (κ3) is 8.20. The summed E-state index contributed by atoms with van der Waals surface area (Å²) < 4.78 is 10.0. The lowest BCUT2D eigenvalue weighted by atomic mass is 9.99. The van der Waals surface area contributed by atoms with Crippen molar-refractivity contribution in [3.63, 3.8) is 0 Å². The maximum Gasteiger partial charge on any atom is 0.408 e. The summed E-state index contributed by atoms with van der Waals surface area (Å²) in [6.07, 6.45) is 2.07. The van der Waals surface area contributed by atoms with E-state index in [-0.39, 0.29) is 18.6 Å². The fourth-order valence-corrected chi connectivity index (χ4v) is 2.89. The molecule has 1 aromatic carbocycles. The second-order valence-corrected chi connectivity index (χ2v) is 8.38. The van der Waals surface area contributed by atoms with E-state index in [1.807, 2.05) is 19.1 Å². The monoisotopic (exact) mass is 426 g/mol. The molecule has 1 aromatic heterocycles. The van der Waals surface area contributed by atoms with E-state index in [4.69, 9.17) is 9.47 Å². The lowest BCUT2D eigenvalue weighted by molar-refractivity contribution is -0.121. The molecule has 0 saturated carbocycles. The molecule has 0 aliphatic heterocycles. The van der Waals surface area contributed by atoms with Crippen LogP contribution in [0.4, 0.5) is 4.79 Å². The van der Waals surface area contributed by atoms with E-state index in [1.54, 1.807) is 51.2 Å². The summed E-state index contributed by atoms with van der Waals surface area (Å²) in [5.74, 6) is -0.528. The van der Waals surface area contributed by atoms with Gasteiger partial charge in [0.25, 0.3) is 0 Å². The van der Waals surface area contributed by atoms with Crippen LogP contribution in [0.5, 0.6) is 0 Å². The van der Waals surface area contributed by atoms with Crippen LogP contribution in [-0.2, 0) is 27.1 Å². The topological polar surface area (TPSA) is 94.6 Å². The molecule has 0 saturated heterocycles. The Bertz CT molecular complexity index is 899. The van der Waals surface area contributed by atoms with Gasteiger partial charge in [0.15, 0.2) is 5.78 Å². The fourth-order valence-electron chi connectivity index (χ4n) is 2.89. The van der Waals surface area contributed by atoms with Crippen molar-refractivity contribution in [2.45, 2.75) is 58.6 Å². The number of pyridine rings is 1. The average Bonchev–Trinajstić information content (AvgIpc) is 2.71. The smallest absolute Gasteiger partial charge is 0.408 e. The summed E-state index contributed by atoms with van der Waals surface area (Å²) >= 11 is 0. The highest BCUT2D eigenvalue weighted by Gasteiger charge is 2.25. The predicted octanol–water partition coefficient (Wildman–Crippen LogP) is 3.81. The Kier molecular flexibility index (Phi) is 8.30. The van der Waals surface area contributed by atoms with E-state index < -0.39 is 23.7 Å². The van der Waals surface area contributed by atoms with Gasteiger partial charge < -0.3 is 14.8 Å². The van der Waals surface area contributed by atoms with Crippen LogP contribution in [0.25, 0.3) is 0 Å². The number of aromatic nitrogens is 1. The number of hydrogen-bond donors (Lipinski definition) is 1. The number of ether oxygens (including phenoxy) is 2. The average molecular weight is 427 g/mol. The summed E-state index contributed by atoms with van der Waals surface area (Å²) in [6.45, 7) is 7.23. The first-order chi connectivity index (χ1) is 14.6. The number of amides is 1. The van der Waals surface area contributed by atoms with Crippen molar-refractivity contribution in [2.75, 3.05) is 7.11 Å². The maximum absolute atomic E-state index is 12.9. The van der Waals surface area contributed by atoms with Gasteiger partial charge in [-0.15, -0.1) is 0 Å². The third-order valence-corrected chi connectivity index (χ3v) is 4.50. The molecule has 1 unspecified atom stereocenters. The quantitative estimate of drug-likeness (QED) is 0.645. The molecular weight excluding hydrogens is 396 g/mol. The van der Waals surface area contributed by atoms with Crippen LogP contribution >= 0.6 is 0 Å². The van der Waals surface area contributed by atoms with Crippen LogP contribution in [0.3, 0.4) is 0 Å². The van der Waals surface area contributed by atoms with Crippen LogP contribution < -0.4 is 5.32 Å². The number of esters is 1. The molecular formula is C24H30N2O5. The Morgan fingerprint density at radius 2 is 1.74 bits per heavy atom. The molecule has 0 spiro atoms. The minimum absolute atomic E-state index is 0.120. The van der Waals surface area contributed by atoms with Crippen LogP contribution in [0.1, 0.15) is 54.4 Å². The van der Waals surface area contributed by atoms with Gasteiger partial charge in [-0.1, -0.05) is 18.2 Å². The Balaban J connectivity index is 2.06. The molecule has 1 atom stereocenters. The van der Waals surface area contributed by atoms with Gasteiger partial charge in [-0.3, -0.25) is 9.78 Å². The van der Waals surface area contributed by atoms with Gasteiger partial charge in [0, 0.05) is 24.7 Å². The normalized spacial score (nSPS) is 12.0.